The molecule has 4 unspecified atom stereocenters. The zero-order valence-corrected chi connectivity index (χ0v) is 6.22. The minimum absolute atomic E-state index is 0.278. The topological polar surface area (TPSA) is 80.9 Å². The van der Waals surface area contributed by atoms with Crippen LogP contribution < -0.4 is 0 Å². The third kappa shape index (κ3) is 1.70. The van der Waals surface area contributed by atoms with Crippen LogP contribution in [0.1, 0.15) is 12.8 Å². The summed E-state index contributed by atoms with van der Waals surface area (Å²) < 4.78 is 0. The minimum Gasteiger partial charge on any atom is -0.396 e. The third-order valence-electron chi connectivity index (χ3n) is 2.30. The largest absolute Gasteiger partial charge is 0.396 e. The molecule has 0 saturated heterocycles. The molecule has 0 aromatic rings. The molecule has 0 amide bonds. The molecule has 66 valence electrons. The lowest BCUT2D eigenvalue weighted by atomic mass is 9.83. The highest BCUT2D eigenvalue weighted by Gasteiger charge is 2.35. The van der Waals surface area contributed by atoms with Gasteiger partial charge < -0.3 is 20.4 Å². The van der Waals surface area contributed by atoms with Crippen molar-refractivity contribution < 1.29 is 20.4 Å². The monoisotopic (exact) mass is 162 g/mol. The van der Waals surface area contributed by atoms with E-state index in [9.17, 15) is 10.2 Å². The van der Waals surface area contributed by atoms with E-state index in [0.29, 0.717) is 12.8 Å². The molecule has 1 rings (SSSR count). The van der Waals surface area contributed by atoms with Gasteiger partial charge in [-0.25, -0.2) is 0 Å². The highest BCUT2D eigenvalue weighted by molar-refractivity contribution is 4.86. The summed E-state index contributed by atoms with van der Waals surface area (Å²) >= 11 is 0. The van der Waals surface area contributed by atoms with Crippen molar-refractivity contribution >= 4 is 0 Å². The van der Waals surface area contributed by atoms with Crippen molar-refractivity contribution in [2.75, 3.05) is 6.61 Å². The van der Waals surface area contributed by atoms with Crippen molar-refractivity contribution in [1.82, 2.24) is 0 Å². The Bertz CT molecular complexity index is 128. The lowest BCUT2D eigenvalue weighted by Crippen LogP contribution is -2.46. The van der Waals surface area contributed by atoms with E-state index in [4.69, 9.17) is 10.2 Å². The average Bonchev–Trinajstić information content (AvgIpc) is 1.99. The fraction of sp³-hybridized carbons (Fsp3) is 1.00. The fourth-order valence-electron chi connectivity index (χ4n) is 1.47. The van der Waals surface area contributed by atoms with E-state index in [2.05, 4.69) is 0 Å². The van der Waals surface area contributed by atoms with Crippen molar-refractivity contribution in [1.29, 1.82) is 0 Å². The molecule has 0 aliphatic heterocycles. The summed E-state index contributed by atoms with van der Waals surface area (Å²) in [5, 5.41) is 36.3. The normalized spacial score (nSPS) is 45.8. The minimum atomic E-state index is -0.983. The molecule has 0 aromatic heterocycles. The number of hydrogen-bond donors (Lipinski definition) is 4. The van der Waals surface area contributed by atoms with Crippen LogP contribution in [0, 0.1) is 5.92 Å². The summed E-state index contributed by atoms with van der Waals surface area (Å²) in [6, 6.07) is 0. The van der Waals surface area contributed by atoms with E-state index in [1.807, 2.05) is 0 Å². The molecule has 11 heavy (non-hydrogen) atoms. The molecular weight excluding hydrogens is 148 g/mol. The molecule has 1 saturated carbocycles. The molecule has 0 radical (unpaired) electrons. The Morgan fingerprint density at radius 2 is 1.55 bits per heavy atom. The van der Waals surface area contributed by atoms with Crippen LogP contribution in [0.4, 0.5) is 0 Å². The van der Waals surface area contributed by atoms with Gasteiger partial charge in [-0.2, -0.15) is 0 Å². The summed E-state index contributed by atoms with van der Waals surface area (Å²) in [6.07, 6.45) is -1.61. The van der Waals surface area contributed by atoms with Crippen LogP contribution in [0.2, 0.25) is 0 Å². The van der Waals surface area contributed by atoms with Gasteiger partial charge in [-0.3, -0.25) is 0 Å². The van der Waals surface area contributed by atoms with Crippen molar-refractivity contribution in [2.45, 2.75) is 31.2 Å². The predicted octanol–water partition coefficient (Wildman–Crippen LogP) is -1.53. The van der Waals surface area contributed by atoms with Gasteiger partial charge in [-0.15, -0.1) is 0 Å². The smallest absolute Gasteiger partial charge is 0.0873 e. The van der Waals surface area contributed by atoms with Crippen LogP contribution in [-0.4, -0.2) is 45.3 Å². The van der Waals surface area contributed by atoms with Crippen LogP contribution in [0.3, 0.4) is 0 Å². The Morgan fingerprint density at radius 3 is 2.00 bits per heavy atom. The van der Waals surface area contributed by atoms with E-state index in [1.54, 1.807) is 0 Å². The first kappa shape index (κ1) is 8.93. The molecule has 0 bridgehead atoms. The van der Waals surface area contributed by atoms with Crippen LogP contribution in [0.15, 0.2) is 0 Å². The lowest BCUT2D eigenvalue weighted by molar-refractivity contribution is -0.108. The third-order valence-corrected chi connectivity index (χ3v) is 2.30. The predicted molar refractivity (Wildman–Crippen MR) is 37.8 cm³/mol. The van der Waals surface area contributed by atoms with E-state index >= 15 is 0 Å². The maximum atomic E-state index is 9.24. The second-order valence-corrected chi connectivity index (χ2v) is 3.05. The number of aliphatic hydroxyl groups excluding tert-OH is 4. The first-order valence-electron chi connectivity index (χ1n) is 3.82. The van der Waals surface area contributed by atoms with Crippen LogP contribution >= 0.6 is 0 Å². The van der Waals surface area contributed by atoms with Crippen LogP contribution in [0.5, 0.6) is 0 Å². The van der Waals surface area contributed by atoms with Crippen molar-refractivity contribution in [3.8, 4) is 0 Å². The first-order valence-corrected chi connectivity index (χ1v) is 3.82. The zero-order chi connectivity index (χ0) is 8.43. The Hall–Kier alpha value is -0.160. The highest BCUT2D eigenvalue weighted by atomic mass is 16.3. The van der Waals surface area contributed by atoms with Gasteiger partial charge in [-0.05, 0) is 12.8 Å². The van der Waals surface area contributed by atoms with E-state index < -0.39 is 24.2 Å². The number of rotatable bonds is 1. The lowest BCUT2D eigenvalue weighted by Gasteiger charge is -2.34. The highest BCUT2D eigenvalue weighted by Crippen LogP contribution is 2.24. The second-order valence-electron chi connectivity index (χ2n) is 3.05. The Labute approximate surface area is 65.1 Å². The van der Waals surface area contributed by atoms with Crippen molar-refractivity contribution in [2.24, 2.45) is 5.92 Å². The molecule has 0 heterocycles. The van der Waals surface area contributed by atoms with Gasteiger partial charge in [0.1, 0.15) is 0 Å². The van der Waals surface area contributed by atoms with Gasteiger partial charge in [0.25, 0.3) is 0 Å². The van der Waals surface area contributed by atoms with E-state index in [-0.39, 0.29) is 6.61 Å². The Balaban J connectivity index is 2.55. The molecule has 4 nitrogen and oxygen atoms in total. The van der Waals surface area contributed by atoms with Crippen LogP contribution in [0.25, 0.3) is 0 Å². The second kappa shape index (κ2) is 3.49. The summed E-state index contributed by atoms with van der Waals surface area (Å²) in [5.41, 5.74) is 0. The van der Waals surface area contributed by atoms with Gasteiger partial charge in [0.05, 0.1) is 24.9 Å². The van der Waals surface area contributed by atoms with Crippen LogP contribution in [-0.2, 0) is 0 Å². The molecule has 0 aromatic carbocycles. The standard InChI is InChI=1S/C7H14O4/c8-3-4-5(9)1-2-6(10)7(4)11/h4-11H,1-3H2. The average molecular weight is 162 g/mol. The number of aliphatic hydroxyl groups is 4. The van der Waals surface area contributed by atoms with E-state index in [0.717, 1.165) is 0 Å². The van der Waals surface area contributed by atoms with Gasteiger partial charge in [0, 0.05) is 5.92 Å². The van der Waals surface area contributed by atoms with E-state index in [1.165, 1.54) is 0 Å². The maximum Gasteiger partial charge on any atom is 0.0873 e. The van der Waals surface area contributed by atoms with Crippen molar-refractivity contribution in [3.05, 3.63) is 0 Å². The molecule has 4 atom stereocenters. The van der Waals surface area contributed by atoms with Gasteiger partial charge in [0.15, 0.2) is 0 Å². The molecule has 1 fully saturated rings. The molecule has 0 spiro atoms. The Kier molecular flexibility index (Phi) is 2.84. The molecule has 4 N–H and O–H groups in total. The molecule has 1 aliphatic rings. The summed E-state index contributed by atoms with van der Waals surface area (Å²) in [6.45, 7) is -0.278. The van der Waals surface area contributed by atoms with Gasteiger partial charge >= 0.3 is 0 Å². The van der Waals surface area contributed by atoms with Gasteiger partial charge in [0.2, 0.25) is 0 Å². The summed E-state index contributed by atoms with van der Waals surface area (Å²) in [5.74, 6) is -0.584. The van der Waals surface area contributed by atoms with Crippen molar-refractivity contribution in [3.63, 3.8) is 0 Å². The van der Waals surface area contributed by atoms with Gasteiger partial charge in [-0.1, -0.05) is 0 Å². The SMILES string of the molecule is OCC1C(O)CCC(O)C1O. The number of hydrogen-bond acceptors (Lipinski definition) is 4. The summed E-state index contributed by atoms with van der Waals surface area (Å²) in [4.78, 5) is 0. The first-order chi connectivity index (χ1) is 5.16. The molecule has 4 heteroatoms. The zero-order valence-electron chi connectivity index (χ0n) is 6.22. The summed E-state index contributed by atoms with van der Waals surface area (Å²) in [7, 11) is 0. The quantitative estimate of drug-likeness (QED) is 0.377. The maximum absolute atomic E-state index is 9.24. The fourth-order valence-corrected chi connectivity index (χ4v) is 1.47. The Morgan fingerprint density at radius 1 is 1.00 bits per heavy atom. The molecule has 1 aliphatic carbocycles. The molecular formula is C7H14O4.